The third-order valence-electron chi connectivity index (χ3n) is 4.93. The van der Waals surface area contributed by atoms with Crippen molar-refractivity contribution in [1.29, 1.82) is 0 Å². The number of carbonyl (C=O) groups is 1. The number of aryl methyl sites for hydroxylation is 1. The number of benzene rings is 1. The van der Waals surface area contributed by atoms with Crippen molar-refractivity contribution in [3.05, 3.63) is 29.8 Å². The Morgan fingerprint density at radius 3 is 1.96 bits per heavy atom. The van der Waals surface area contributed by atoms with E-state index in [2.05, 4.69) is 13.8 Å². The second kappa shape index (κ2) is 16.6. The van der Waals surface area contributed by atoms with Gasteiger partial charge in [-0.15, -0.1) is 0 Å². The molecule has 27 heavy (non-hydrogen) atoms. The molecule has 3 heteroatoms. The molecular formula is C24H40O3. The summed E-state index contributed by atoms with van der Waals surface area (Å²) in [5.74, 6) is 0.649. The van der Waals surface area contributed by atoms with Gasteiger partial charge in [0, 0.05) is 0 Å². The van der Waals surface area contributed by atoms with Crippen LogP contribution in [0.2, 0.25) is 0 Å². The number of rotatable bonds is 16. The number of hydrogen-bond acceptors (Lipinski definition) is 3. The minimum absolute atomic E-state index is 0.449. The van der Waals surface area contributed by atoms with Crippen molar-refractivity contribution in [1.82, 2.24) is 0 Å². The molecule has 0 N–H and O–H groups in total. The van der Waals surface area contributed by atoms with Crippen molar-refractivity contribution < 1.29 is 14.3 Å². The highest BCUT2D eigenvalue weighted by atomic mass is 16.7. The third-order valence-corrected chi connectivity index (χ3v) is 4.93. The van der Waals surface area contributed by atoms with Crippen LogP contribution in [-0.2, 0) is 11.2 Å². The zero-order valence-electron chi connectivity index (χ0n) is 17.6. The predicted molar refractivity (Wildman–Crippen MR) is 113 cm³/mol. The molecule has 0 saturated heterocycles. The molecular weight excluding hydrogens is 336 g/mol. The van der Waals surface area contributed by atoms with E-state index in [1.165, 1.54) is 64.2 Å². The monoisotopic (exact) mass is 376 g/mol. The fraction of sp³-hybridized carbons (Fsp3) is 0.708. The molecule has 0 fully saturated rings. The normalized spacial score (nSPS) is 10.7. The molecule has 0 spiro atoms. The highest BCUT2D eigenvalue weighted by Crippen LogP contribution is 2.21. The lowest BCUT2D eigenvalue weighted by Gasteiger charge is -2.10. The van der Waals surface area contributed by atoms with E-state index in [-0.39, 0.29) is 0 Å². The Morgan fingerprint density at radius 1 is 0.741 bits per heavy atom. The zero-order chi connectivity index (χ0) is 19.6. The van der Waals surface area contributed by atoms with Crippen LogP contribution in [0.1, 0.15) is 103 Å². The van der Waals surface area contributed by atoms with Crippen molar-refractivity contribution in [2.45, 2.75) is 104 Å². The highest BCUT2D eigenvalue weighted by Gasteiger charge is 2.10. The minimum atomic E-state index is -0.574. The van der Waals surface area contributed by atoms with Gasteiger partial charge in [-0.05, 0) is 30.9 Å². The van der Waals surface area contributed by atoms with Crippen LogP contribution in [0.5, 0.6) is 5.75 Å². The van der Waals surface area contributed by atoms with Gasteiger partial charge in [-0.2, -0.15) is 0 Å². The average molecular weight is 377 g/mol. The summed E-state index contributed by atoms with van der Waals surface area (Å²) < 4.78 is 10.7. The molecule has 0 aromatic heterocycles. The van der Waals surface area contributed by atoms with E-state index in [0.29, 0.717) is 12.4 Å². The lowest BCUT2D eigenvalue weighted by atomic mass is 10.0. The van der Waals surface area contributed by atoms with Crippen molar-refractivity contribution in [2.24, 2.45) is 0 Å². The van der Waals surface area contributed by atoms with Gasteiger partial charge >= 0.3 is 6.16 Å². The summed E-state index contributed by atoms with van der Waals surface area (Å²) in [5.41, 5.74) is 1.10. The Hall–Kier alpha value is -1.51. The van der Waals surface area contributed by atoms with E-state index in [4.69, 9.17) is 9.47 Å². The van der Waals surface area contributed by atoms with Crippen LogP contribution in [0.15, 0.2) is 24.3 Å². The maximum Gasteiger partial charge on any atom is 0.513 e. The average Bonchev–Trinajstić information content (AvgIpc) is 2.68. The van der Waals surface area contributed by atoms with Gasteiger partial charge in [0.05, 0.1) is 6.61 Å². The van der Waals surface area contributed by atoms with E-state index >= 15 is 0 Å². The third kappa shape index (κ3) is 12.5. The Balaban J connectivity index is 2.21. The number of hydrogen-bond donors (Lipinski definition) is 0. The molecule has 0 aliphatic carbocycles. The Bertz CT molecular complexity index is 484. The van der Waals surface area contributed by atoms with Crippen LogP contribution in [0.3, 0.4) is 0 Å². The molecule has 0 aliphatic heterocycles. The number of para-hydroxylation sites is 1. The lowest BCUT2D eigenvalue weighted by Crippen LogP contribution is -2.12. The Labute approximate surface area is 166 Å². The number of ether oxygens (including phenoxy) is 2. The van der Waals surface area contributed by atoms with Crippen LogP contribution in [-0.4, -0.2) is 12.8 Å². The molecule has 0 atom stereocenters. The van der Waals surface area contributed by atoms with Gasteiger partial charge in [0.1, 0.15) is 5.75 Å². The van der Waals surface area contributed by atoms with Crippen molar-refractivity contribution in [3.8, 4) is 5.75 Å². The molecule has 1 rings (SSSR count). The zero-order valence-corrected chi connectivity index (χ0v) is 17.6. The Morgan fingerprint density at radius 2 is 1.30 bits per heavy atom. The molecule has 154 valence electrons. The van der Waals surface area contributed by atoms with Gasteiger partial charge in [-0.3, -0.25) is 0 Å². The SMILES string of the molecule is CCCCCCCCCc1ccccc1OC(=O)OCCCCCCCC. The summed E-state index contributed by atoms with van der Waals surface area (Å²) in [6.45, 7) is 4.91. The molecule has 0 amide bonds. The summed E-state index contributed by atoms with van der Waals surface area (Å²) >= 11 is 0. The van der Waals surface area contributed by atoms with E-state index in [9.17, 15) is 4.79 Å². The van der Waals surface area contributed by atoms with Gasteiger partial charge in [-0.25, -0.2) is 4.79 Å². The number of unbranched alkanes of at least 4 members (excludes halogenated alkanes) is 11. The quantitative estimate of drug-likeness (QED) is 0.167. The molecule has 1 aromatic rings. The standard InChI is InChI=1S/C24H40O3/c1-3-5-7-9-11-12-14-18-22-19-15-16-20-23(22)27-24(25)26-21-17-13-10-8-6-4-2/h15-16,19-20H,3-14,17-18,21H2,1-2H3. The summed E-state index contributed by atoms with van der Waals surface area (Å²) in [5, 5.41) is 0. The van der Waals surface area contributed by atoms with E-state index in [1.807, 2.05) is 24.3 Å². The highest BCUT2D eigenvalue weighted by molar-refractivity contribution is 5.64. The molecule has 0 aliphatic rings. The van der Waals surface area contributed by atoms with Gasteiger partial charge in [0.15, 0.2) is 0 Å². The summed E-state index contributed by atoms with van der Waals surface area (Å²) in [6.07, 6.45) is 16.4. The molecule has 0 bridgehead atoms. The molecule has 0 unspecified atom stereocenters. The molecule has 1 aromatic carbocycles. The lowest BCUT2D eigenvalue weighted by molar-refractivity contribution is 0.0969. The first kappa shape index (κ1) is 23.5. The van der Waals surface area contributed by atoms with Crippen molar-refractivity contribution >= 4 is 6.16 Å². The minimum Gasteiger partial charge on any atom is -0.434 e. The van der Waals surface area contributed by atoms with E-state index in [1.54, 1.807) is 0 Å². The summed E-state index contributed by atoms with van der Waals surface area (Å²) in [7, 11) is 0. The second-order valence-corrected chi connectivity index (χ2v) is 7.45. The maximum absolute atomic E-state index is 11.9. The molecule has 3 nitrogen and oxygen atoms in total. The van der Waals surface area contributed by atoms with Crippen LogP contribution in [0.25, 0.3) is 0 Å². The smallest absolute Gasteiger partial charge is 0.434 e. The first-order valence-corrected chi connectivity index (χ1v) is 11.2. The fourth-order valence-corrected chi connectivity index (χ4v) is 3.24. The van der Waals surface area contributed by atoms with Crippen LogP contribution >= 0.6 is 0 Å². The first-order valence-electron chi connectivity index (χ1n) is 11.2. The van der Waals surface area contributed by atoms with Gasteiger partial charge in [0.25, 0.3) is 0 Å². The van der Waals surface area contributed by atoms with E-state index < -0.39 is 6.16 Å². The van der Waals surface area contributed by atoms with Crippen LogP contribution < -0.4 is 4.74 Å². The van der Waals surface area contributed by atoms with Crippen LogP contribution in [0.4, 0.5) is 4.79 Å². The summed E-state index contributed by atoms with van der Waals surface area (Å²) in [4.78, 5) is 11.9. The topological polar surface area (TPSA) is 35.5 Å². The van der Waals surface area contributed by atoms with Crippen molar-refractivity contribution in [2.75, 3.05) is 6.61 Å². The largest absolute Gasteiger partial charge is 0.513 e. The molecule has 0 heterocycles. The summed E-state index contributed by atoms with van der Waals surface area (Å²) in [6, 6.07) is 7.83. The predicted octanol–water partition coefficient (Wildman–Crippen LogP) is 7.86. The maximum atomic E-state index is 11.9. The number of carbonyl (C=O) groups excluding carboxylic acids is 1. The van der Waals surface area contributed by atoms with Gasteiger partial charge < -0.3 is 9.47 Å². The molecule has 0 saturated carbocycles. The second-order valence-electron chi connectivity index (χ2n) is 7.45. The van der Waals surface area contributed by atoms with Gasteiger partial charge in [0.2, 0.25) is 0 Å². The fourth-order valence-electron chi connectivity index (χ4n) is 3.24. The van der Waals surface area contributed by atoms with Crippen molar-refractivity contribution in [3.63, 3.8) is 0 Å². The van der Waals surface area contributed by atoms with Crippen LogP contribution in [0, 0.1) is 0 Å². The van der Waals surface area contributed by atoms with Gasteiger partial charge in [-0.1, -0.05) is 103 Å². The first-order chi connectivity index (χ1) is 13.3. The Kier molecular flexibility index (Phi) is 14.5. The van der Waals surface area contributed by atoms with E-state index in [0.717, 1.165) is 31.2 Å². The molecule has 0 radical (unpaired) electrons.